The van der Waals surface area contributed by atoms with Gasteiger partial charge in [0.05, 0.1) is 20.3 Å². The van der Waals surface area contributed by atoms with Crippen LogP contribution in [0.4, 0.5) is 16.2 Å². The molecular weight excluding hydrogens is 508 g/mol. The van der Waals surface area contributed by atoms with Crippen LogP contribution in [0.25, 0.3) is 21.6 Å². The van der Waals surface area contributed by atoms with E-state index in [2.05, 4.69) is 5.32 Å². The lowest BCUT2D eigenvalue weighted by Gasteiger charge is -2.15. The molecule has 4 N–H and O–H groups in total. The first-order valence-corrected chi connectivity index (χ1v) is 13.0. The number of hydrogen-bond donors (Lipinski definition) is 3. The maximum Gasteiger partial charge on any atom is 0.412 e. The molecular formula is C29H25ClN2O4S. The highest BCUT2D eigenvalue weighted by Gasteiger charge is 2.51. The third-order valence-electron chi connectivity index (χ3n) is 6.71. The molecule has 5 rings (SSSR count). The molecule has 1 saturated carbocycles. The molecule has 188 valence electrons. The van der Waals surface area contributed by atoms with Gasteiger partial charge in [0, 0.05) is 11.3 Å². The summed E-state index contributed by atoms with van der Waals surface area (Å²) in [7, 11) is 0. The first-order valence-electron chi connectivity index (χ1n) is 11.8. The van der Waals surface area contributed by atoms with Gasteiger partial charge in [0.2, 0.25) is 0 Å². The molecule has 1 unspecified atom stereocenters. The van der Waals surface area contributed by atoms with Crippen molar-refractivity contribution in [1.29, 1.82) is 0 Å². The van der Waals surface area contributed by atoms with Crippen LogP contribution in [0.3, 0.4) is 0 Å². The van der Waals surface area contributed by atoms with Crippen LogP contribution in [0.1, 0.15) is 37.0 Å². The average molecular weight is 533 g/mol. The first-order chi connectivity index (χ1) is 17.8. The Balaban J connectivity index is 1.34. The Labute approximate surface area is 223 Å². The van der Waals surface area contributed by atoms with Crippen LogP contribution in [-0.2, 0) is 14.9 Å². The van der Waals surface area contributed by atoms with Gasteiger partial charge in [0.15, 0.2) is 0 Å². The molecule has 0 radical (unpaired) electrons. The summed E-state index contributed by atoms with van der Waals surface area (Å²) >= 11 is 7.63. The van der Waals surface area contributed by atoms with Gasteiger partial charge in [-0.2, -0.15) is 0 Å². The van der Waals surface area contributed by atoms with Crippen LogP contribution in [0.2, 0.25) is 4.34 Å². The lowest BCUT2D eigenvalue weighted by atomic mass is 9.93. The second-order valence-corrected chi connectivity index (χ2v) is 10.8. The number of carbonyl (C=O) groups is 2. The molecule has 1 amide bonds. The Bertz CT molecular complexity index is 1460. The van der Waals surface area contributed by atoms with E-state index in [-0.39, 0.29) is 0 Å². The summed E-state index contributed by atoms with van der Waals surface area (Å²) in [6.07, 6.45) is 0.338. The zero-order chi connectivity index (χ0) is 26.2. The number of ether oxygens (including phenoxy) is 1. The first kappa shape index (κ1) is 24.9. The maximum atomic E-state index is 12.6. The van der Waals surface area contributed by atoms with Crippen molar-refractivity contribution >= 4 is 46.4 Å². The van der Waals surface area contributed by atoms with Crippen LogP contribution in [-0.4, -0.2) is 17.2 Å². The topological polar surface area (TPSA) is 102 Å². The van der Waals surface area contributed by atoms with Gasteiger partial charge >= 0.3 is 12.1 Å². The van der Waals surface area contributed by atoms with E-state index in [0.29, 0.717) is 28.6 Å². The smallest absolute Gasteiger partial charge is 0.412 e. The van der Waals surface area contributed by atoms with E-state index in [1.165, 1.54) is 11.3 Å². The van der Waals surface area contributed by atoms with Crippen LogP contribution >= 0.6 is 22.9 Å². The van der Waals surface area contributed by atoms with Crippen LogP contribution in [0.15, 0.2) is 78.9 Å². The number of amides is 1. The molecule has 8 heteroatoms. The van der Waals surface area contributed by atoms with Gasteiger partial charge in [0.1, 0.15) is 6.10 Å². The molecule has 1 fully saturated rings. The van der Waals surface area contributed by atoms with Crippen molar-refractivity contribution in [3.8, 4) is 21.6 Å². The molecule has 4 aromatic rings. The third-order valence-corrected chi connectivity index (χ3v) is 8.03. The second kappa shape index (κ2) is 9.92. The molecule has 37 heavy (non-hydrogen) atoms. The molecule has 1 atom stereocenters. The SMILES string of the molecule is CC(OC(=O)Nc1cc(Cl)sc1-c1ccc(-c2ccc(C3(C(=O)O)CC3)cc2)c(N)c1)c1ccccc1. The number of hydrogen-bond acceptors (Lipinski definition) is 5. The molecule has 1 aromatic heterocycles. The largest absolute Gasteiger partial charge is 0.481 e. The Morgan fingerprint density at radius 2 is 1.70 bits per heavy atom. The highest BCUT2D eigenvalue weighted by molar-refractivity contribution is 7.20. The number of thiophene rings is 1. The van der Waals surface area contributed by atoms with Crippen LogP contribution < -0.4 is 11.1 Å². The average Bonchev–Trinajstić information content (AvgIpc) is 3.62. The standard InChI is InChI=1S/C29H25ClN2O4S/c1-17(18-5-3-2-4-6-18)36-28(35)32-24-16-25(30)37-26(24)20-9-12-22(23(31)15-20)19-7-10-21(11-8-19)29(13-14-29)27(33)34/h2-12,15-17H,13-14,31H2,1H3,(H,32,35)(H,33,34). The van der Waals surface area contributed by atoms with Gasteiger partial charge < -0.3 is 15.6 Å². The van der Waals surface area contributed by atoms with Crippen LogP contribution in [0.5, 0.6) is 0 Å². The van der Waals surface area contributed by atoms with Gasteiger partial charge in [-0.3, -0.25) is 10.1 Å². The minimum Gasteiger partial charge on any atom is -0.481 e. The number of carboxylic acids is 1. The number of rotatable bonds is 7. The van der Waals surface area contributed by atoms with Crippen molar-refractivity contribution in [3.05, 3.63) is 94.3 Å². The number of nitrogens with one attached hydrogen (secondary N) is 1. The summed E-state index contributed by atoms with van der Waals surface area (Å²) in [5.74, 6) is -0.776. The monoisotopic (exact) mass is 532 g/mol. The van der Waals surface area contributed by atoms with E-state index in [1.807, 2.05) is 79.7 Å². The number of carboxylic acid groups (broad SMARTS) is 1. The number of carbonyl (C=O) groups excluding carboxylic acids is 1. The zero-order valence-electron chi connectivity index (χ0n) is 20.0. The minimum absolute atomic E-state index is 0.412. The summed E-state index contributed by atoms with van der Waals surface area (Å²) in [6, 6.07) is 24.4. The molecule has 0 spiro atoms. The van der Waals surface area contributed by atoms with Gasteiger partial charge in [-0.1, -0.05) is 78.3 Å². The normalized spacial score (nSPS) is 14.5. The molecule has 3 aromatic carbocycles. The number of aliphatic carboxylic acids is 1. The lowest BCUT2D eigenvalue weighted by molar-refractivity contribution is -0.140. The van der Waals surface area contributed by atoms with Crippen LogP contribution in [0, 0.1) is 0 Å². The van der Waals surface area contributed by atoms with E-state index in [0.717, 1.165) is 32.7 Å². The molecule has 1 aliphatic carbocycles. The van der Waals surface area contributed by atoms with Crippen molar-refractivity contribution in [2.75, 3.05) is 11.1 Å². The van der Waals surface area contributed by atoms with Crippen molar-refractivity contribution < 1.29 is 19.4 Å². The predicted octanol–water partition coefficient (Wildman–Crippen LogP) is 7.74. The number of nitrogen functional groups attached to an aromatic ring is 1. The van der Waals surface area contributed by atoms with Gasteiger partial charge in [0.25, 0.3) is 0 Å². The summed E-state index contributed by atoms with van der Waals surface area (Å²) in [5, 5.41) is 12.3. The van der Waals surface area contributed by atoms with Crippen molar-refractivity contribution in [2.24, 2.45) is 0 Å². The van der Waals surface area contributed by atoms with Crippen molar-refractivity contribution in [1.82, 2.24) is 0 Å². The summed E-state index contributed by atoms with van der Waals surface area (Å²) in [5.41, 5.74) is 11.0. The van der Waals surface area contributed by atoms with Crippen molar-refractivity contribution in [2.45, 2.75) is 31.3 Å². The summed E-state index contributed by atoms with van der Waals surface area (Å²) in [4.78, 5) is 25.0. The number of anilines is 2. The molecule has 0 saturated heterocycles. The van der Waals surface area contributed by atoms with E-state index < -0.39 is 23.6 Å². The van der Waals surface area contributed by atoms with Gasteiger partial charge in [-0.15, -0.1) is 11.3 Å². The molecule has 0 aliphatic heterocycles. The second-order valence-electron chi connectivity index (χ2n) is 9.14. The predicted molar refractivity (Wildman–Crippen MR) is 148 cm³/mol. The van der Waals surface area contributed by atoms with E-state index >= 15 is 0 Å². The Kier molecular flexibility index (Phi) is 6.67. The highest BCUT2D eigenvalue weighted by Crippen LogP contribution is 2.49. The van der Waals surface area contributed by atoms with E-state index in [4.69, 9.17) is 22.1 Å². The molecule has 6 nitrogen and oxygen atoms in total. The zero-order valence-corrected chi connectivity index (χ0v) is 21.6. The fourth-order valence-corrected chi connectivity index (χ4v) is 5.62. The molecule has 1 heterocycles. The molecule has 1 aliphatic rings. The summed E-state index contributed by atoms with van der Waals surface area (Å²) < 4.78 is 6.06. The van der Waals surface area contributed by atoms with E-state index in [9.17, 15) is 14.7 Å². The Morgan fingerprint density at radius 1 is 1.03 bits per heavy atom. The number of benzene rings is 3. The Morgan fingerprint density at radius 3 is 2.32 bits per heavy atom. The Hall–Kier alpha value is -3.81. The van der Waals surface area contributed by atoms with Crippen molar-refractivity contribution in [3.63, 3.8) is 0 Å². The fraction of sp³-hybridized carbons (Fsp3) is 0.172. The fourth-order valence-electron chi connectivity index (χ4n) is 4.45. The maximum absolute atomic E-state index is 12.6. The molecule has 0 bridgehead atoms. The van der Waals surface area contributed by atoms with Gasteiger partial charge in [-0.05, 0) is 54.2 Å². The highest BCUT2D eigenvalue weighted by atomic mass is 35.5. The number of nitrogens with two attached hydrogens (primary N) is 1. The lowest BCUT2D eigenvalue weighted by Crippen LogP contribution is -2.19. The number of halogens is 1. The summed E-state index contributed by atoms with van der Waals surface area (Å²) in [6.45, 7) is 1.81. The minimum atomic E-state index is -0.776. The quantitative estimate of drug-likeness (QED) is 0.211. The third kappa shape index (κ3) is 5.05. The van der Waals surface area contributed by atoms with Gasteiger partial charge in [-0.25, -0.2) is 4.79 Å². The van der Waals surface area contributed by atoms with E-state index in [1.54, 1.807) is 6.07 Å².